The first-order valence-corrected chi connectivity index (χ1v) is 9.10. The third-order valence-electron chi connectivity index (χ3n) is 3.92. The molecule has 2 N–H and O–H groups in total. The van der Waals surface area contributed by atoms with Crippen molar-refractivity contribution in [2.45, 2.75) is 39.2 Å². The van der Waals surface area contributed by atoms with Gasteiger partial charge in [-0.05, 0) is 62.9 Å². The summed E-state index contributed by atoms with van der Waals surface area (Å²) in [5, 5.41) is 6.56. The number of carbonyl (C=O) groups excluding carboxylic acids is 3. The zero-order valence-corrected chi connectivity index (χ0v) is 15.7. The second-order valence-electron chi connectivity index (χ2n) is 6.63. The van der Waals surface area contributed by atoms with Crippen LogP contribution in [0.15, 0.2) is 29.4 Å². The molecule has 146 valence electrons. The van der Waals surface area contributed by atoms with Crippen LogP contribution >= 0.6 is 0 Å². The van der Waals surface area contributed by atoms with Gasteiger partial charge in [-0.1, -0.05) is 0 Å². The van der Waals surface area contributed by atoms with Crippen LogP contribution in [0, 0.1) is 0 Å². The molecule has 0 unspecified atom stereocenters. The van der Waals surface area contributed by atoms with Crippen LogP contribution in [0.1, 0.15) is 38.7 Å². The minimum absolute atomic E-state index is 0.0553. The number of benzene rings is 1. The van der Waals surface area contributed by atoms with Gasteiger partial charge in [-0.2, -0.15) is 5.10 Å². The molecule has 1 fully saturated rings. The Morgan fingerprint density at radius 1 is 1.15 bits per heavy atom. The molecule has 0 aliphatic carbocycles. The lowest BCUT2D eigenvalue weighted by Gasteiger charge is -2.25. The molecule has 0 atom stereocenters. The third kappa shape index (κ3) is 7.08. The summed E-state index contributed by atoms with van der Waals surface area (Å²) in [5.41, 5.74) is 2.98. The van der Waals surface area contributed by atoms with Crippen LogP contribution in [-0.2, 0) is 14.4 Å². The normalized spacial score (nSPS) is 14.3. The second kappa shape index (κ2) is 10.3. The van der Waals surface area contributed by atoms with E-state index in [1.807, 2.05) is 13.8 Å². The quantitative estimate of drug-likeness (QED) is 0.442. The van der Waals surface area contributed by atoms with Crippen molar-refractivity contribution in [2.75, 3.05) is 19.7 Å². The van der Waals surface area contributed by atoms with Gasteiger partial charge in [0, 0.05) is 19.1 Å². The number of ether oxygens (including phenoxy) is 1. The van der Waals surface area contributed by atoms with Crippen LogP contribution in [0.4, 0.5) is 0 Å². The summed E-state index contributed by atoms with van der Waals surface area (Å²) in [6, 6.07) is 6.93. The van der Waals surface area contributed by atoms with Gasteiger partial charge in [0.25, 0.3) is 5.91 Å². The molecule has 0 bridgehead atoms. The smallest absolute Gasteiger partial charge is 0.329 e. The van der Waals surface area contributed by atoms with Gasteiger partial charge in [0.1, 0.15) is 5.75 Å². The first kappa shape index (κ1) is 20.4. The SMILES string of the molecule is CC(C)NC(=O)COc1ccc(/C=N\NC(=O)C(=O)N2CCCCC2)cc1. The first-order chi connectivity index (χ1) is 13.0. The lowest BCUT2D eigenvalue weighted by Crippen LogP contribution is -2.43. The number of hydrogen-bond donors (Lipinski definition) is 2. The summed E-state index contributed by atoms with van der Waals surface area (Å²) in [6.45, 7) is 4.94. The van der Waals surface area contributed by atoms with Gasteiger partial charge in [0.2, 0.25) is 0 Å². The minimum Gasteiger partial charge on any atom is -0.484 e. The summed E-state index contributed by atoms with van der Waals surface area (Å²) in [7, 11) is 0. The topological polar surface area (TPSA) is 100 Å². The van der Waals surface area contributed by atoms with Gasteiger partial charge in [0.15, 0.2) is 6.61 Å². The van der Waals surface area contributed by atoms with Crippen molar-refractivity contribution in [3.05, 3.63) is 29.8 Å². The Bertz CT molecular complexity index is 679. The number of piperidine rings is 1. The van der Waals surface area contributed by atoms with E-state index in [9.17, 15) is 14.4 Å². The van der Waals surface area contributed by atoms with Gasteiger partial charge in [0.05, 0.1) is 6.21 Å². The number of likely N-dealkylation sites (tertiary alicyclic amines) is 1. The van der Waals surface area contributed by atoms with Gasteiger partial charge < -0.3 is 15.0 Å². The van der Waals surface area contributed by atoms with Crippen molar-refractivity contribution >= 4 is 23.9 Å². The molecular weight excluding hydrogens is 348 g/mol. The van der Waals surface area contributed by atoms with E-state index in [0.717, 1.165) is 24.8 Å². The number of rotatable bonds is 6. The zero-order valence-electron chi connectivity index (χ0n) is 15.7. The second-order valence-corrected chi connectivity index (χ2v) is 6.63. The summed E-state index contributed by atoms with van der Waals surface area (Å²) in [6.07, 6.45) is 4.38. The van der Waals surface area contributed by atoms with E-state index in [4.69, 9.17) is 4.74 Å². The average Bonchev–Trinajstić information content (AvgIpc) is 2.67. The predicted octanol–water partition coefficient (Wildman–Crippen LogP) is 1.05. The standard InChI is InChI=1S/C19H26N4O4/c1-14(2)21-17(24)13-27-16-8-6-15(7-9-16)12-20-22-18(25)19(26)23-10-4-3-5-11-23/h6-9,12,14H,3-5,10-11,13H2,1-2H3,(H,21,24)(H,22,25)/b20-12-. The highest BCUT2D eigenvalue weighted by Gasteiger charge is 2.22. The lowest BCUT2D eigenvalue weighted by atomic mass is 10.1. The summed E-state index contributed by atoms with van der Waals surface area (Å²) < 4.78 is 5.39. The Morgan fingerprint density at radius 2 is 1.81 bits per heavy atom. The van der Waals surface area contributed by atoms with Crippen LogP contribution in [0.5, 0.6) is 5.75 Å². The molecule has 1 aromatic carbocycles. The van der Waals surface area contributed by atoms with Crippen molar-refractivity contribution in [1.82, 2.24) is 15.6 Å². The Morgan fingerprint density at radius 3 is 2.44 bits per heavy atom. The van der Waals surface area contributed by atoms with E-state index >= 15 is 0 Å². The highest BCUT2D eigenvalue weighted by molar-refractivity contribution is 6.35. The molecule has 1 heterocycles. The molecule has 1 aliphatic heterocycles. The molecule has 1 aromatic rings. The van der Waals surface area contributed by atoms with E-state index in [-0.39, 0.29) is 18.6 Å². The van der Waals surface area contributed by atoms with Gasteiger partial charge in [-0.25, -0.2) is 5.43 Å². The Balaban J connectivity index is 1.77. The van der Waals surface area contributed by atoms with Crippen molar-refractivity contribution in [3.8, 4) is 5.75 Å². The Hall–Kier alpha value is -2.90. The molecule has 0 saturated carbocycles. The van der Waals surface area contributed by atoms with Gasteiger partial charge in [-0.15, -0.1) is 0 Å². The Kier molecular flexibility index (Phi) is 7.79. The molecule has 2 rings (SSSR count). The van der Waals surface area contributed by atoms with E-state index in [2.05, 4.69) is 15.8 Å². The van der Waals surface area contributed by atoms with E-state index in [1.165, 1.54) is 6.21 Å². The molecule has 3 amide bonds. The molecule has 0 spiro atoms. The van der Waals surface area contributed by atoms with Crippen molar-refractivity contribution in [2.24, 2.45) is 5.10 Å². The monoisotopic (exact) mass is 374 g/mol. The highest BCUT2D eigenvalue weighted by Crippen LogP contribution is 2.11. The number of carbonyl (C=O) groups is 3. The fraction of sp³-hybridized carbons (Fsp3) is 0.474. The first-order valence-electron chi connectivity index (χ1n) is 9.10. The zero-order chi connectivity index (χ0) is 19.6. The van der Waals surface area contributed by atoms with Crippen molar-refractivity contribution < 1.29 is 19.1 Å². The maximum Gasteiger partial charge on any atom is 0.329 e. The summed E-state index contributed by atoms with van der Waals surface area (Å²) in [4.78, 5) is 36.9. The summed E-state index contributed by atoms with van der Waals surface area (Å²) >= 11 is 0. The summed E-state index contributed by atoms with van der Waals surface area (Å²) in [5.74, 6) is -0.911. The molecule has 8 nitrogen and oxygen atoms in total. The molecule has 0 aromatic heterocycles. The number of amides is 3. The van der Waals surface area contributed by atoms with Crippen LogP contribution < -0.4 is 15.5 Å². The van der Waals surface area contributed by atoms with Crippen LogP contribution in [0.25, 0.3) is 0 Å². The maximum absolute atomic E-state index is 12.0. The minimum atomic E-state index is -0.732. The molecule has 27 heavy (non-hydrogen) atoms. The van der Waals surface area contributed by atoms with Crippen molar-refractivity contribution in [1.29, 1.82) is 0 Å². The van der Waals surface area contributed by atoms with Crippen LogP contribution in [-0.4, -0.2) is 54.6 Å². The number of hydrazone groups is 1. The number of nitrogens with zero attached hydrogens (tertiary/aromatic N) is 2. The highest BCUT2D eigenvalue weighted by atomic mass is 16.5. The average molecular weight is 374 g/mol. The van der Waals surface area contributed by atoms with Gasteiger partial charge >= 0.3 is 11.8 Å². The fourth-order valence-electron chi connectivity index (χ4n) is 2.62. The van der Waals surface area contributed by atoms with Crippen LogP contribution in [0.2, 0.25) is 0 Å². The van der Waals surface area contributed by atoms with E-state index < -0.39 is 11.8 Å². The number of hydrogen-bond acceptors (Lipinski definition) is 5. The molecule has 8 heteroatoms. The van der Waals surface area contributed by atoms with E-state index in [1.54, 1.807) is 29.2 Å². The predicted molar refractivity (Wildman–Crippen MR) is 101 cm³/mol. The third-order valence-corrected chi connectivity index (χ3v) is 3.92. The molecular formula is C19H26N4O4. The Labute approximate surface area is 158 Å². The largest absolute Gasteiger partial charge is 0.484 e. The number of nitrogens with one attached hydrogen (secondary N) is 2. The maximum atomic E-state index is 12.0. The lowest BCUT2D eigenvalue weighted by molar-refractivity contribution is -0.146. The van der Waals surface area contributed by atoms with E-state index in [0.29, 0.717) is 18.8 Å². The van der Waals surface area contributed by atoms with Crippen LogP contribution in [0.3, 0.4) is 0 Å². The molecule has 1 aliphatic rings. The fourth-order valence-corrected chi connectivity index (χ4v) is 2.62. The molecule has 0 radical (unpaired) electrons. The van der Waals surface area contributed by atoms with Crippen molar-refractivity contribution in [3.63, 3.8) is 0 Å². The molecule has 1 saturated heterocycles. The van der Waals surface area contributed by atoms with Gasteiger partial charge in [-0.3, -0.25) is 14.4 Å².